The van der Waals surface area contributed by atoms with Gasteiger partial charge >= 0.3 is 5.97 Å². The van der Waals surface area contributed by atoms with Gasteiger partial charge in [0.2, 0.25) is 0 Å². The van der Waals surface area contributed by atoms with E-state index in [0.29, 0.717) is 24.5 Å². The molecule has 0 saturated carbocycles. The second kappa shape index (κ2) is 4.96. The number of benzene rings is 1. The molecule has 0 radical (unpaired) electrons. The Balaban J connectivity index is 2.34. The third-order valence-corrected chi connectivity index (χ3v) is 2.99. The molecule has 1 aromatic carbocycles. The lowest BCUT2D eigenvalue weighted by atomic mass is 9.90. The Bertz CT molecular complexity index is 451. The first-order valence-corrected chi connectivity index (χ1v) is 5.67. The molecular weight excluding hydrogens is 236 g/mol. The number of hydrogen-bond acceptors (Lipinski definition) is 5. The molecule has 1 fully saturated rings. The highest BCUT2D eigenvalue weighted by atomic mass is 16.6. The van der Waals surface area contributed by atoms with Gasteiger partial charge in [0.05, 0.1) is 26.9 Å². The molecule has 1 aliphatic rings. The van der Waals surface area contributed by atoms with Crippen molar-refractivity contribution < 1.29 is 24.1 Å². The Labute approximate surface area is 105 Å². The highest BCUT2D eigenvalue weighted by molar-refractivity contribution is 5.67. The first kappa shape index (κ1) is 12.9. The minimum Gasteiger partial charge on any atom is -0.496 e. The zero-order chi connectivity index (χ0) is 13.2. The molecule has 0 bridgehead atoms. The van der Waals surface area contributed by atoms with E-state index in [4.69, 9.17) is 19.3 Å². The van der Waals surface area contributed by atoms with E-state index >= 15 is 0 Å². The van der Waals surface area contributed by atoms with Crippen LogP contribution in [0.1, 0.15) is 18.1 Å². The SMILES string of the molecule is COc1cc(C2(OC(C)=O)COC2)ccc1CO. The molecule has 1 aliphatic heterocycles. The van der Waals surface area contributed by atoms with Gasteiger partial charge in [-0.15, -0.1) is 0 Å². The number of hydrogen-bond donors (Lipinski definition) is 1. The molecule has 0 amide bonds. The average Bonchev–Trinajstić information content (AvgIpc) is 2.32. The Kier molecular flexibility index (Phi) is 3.54. The lowest BCUT2D eigenvalue weighted by molar-refractivity contribution is -0.216. The van der Waals surface area contributed by atoms with Gasteiger partial charge in [-0.1, -0.05) is 12.1 Å². The van der Waals surface area contributed by atoms with Crippen LogP contribution >= 0.6 is 0 Å². The number of esters is 1. The summed E-state index contributed by atoms with van der Waals surface area (Å²) in [7, 11) is 1.54. The van der Waals surface area contributed by atoms with Crippen LogP contribution in [0.3, 0.4) is 0 Å². The monoisotopic (exact) mass is 252 g/mol. The normalized spacial score (nSPS) is 16.8. The molecule has 2 rings (SSSR count). The van der Waals surface area contributed by atoms with E-state index in [1.807, 2.05) is 6.07 Å². The predicted octanol–water partition coefficient (Wildman–Crippen LogP) is 0.976. The number of aliphatic hydroxyl groups is 1. The van der Waals surface area contributed by atoms with Crippen LogP contribution in [-0.2, 0) is 26.5 Å². The summed E-state index contributed by atoms with van der Waals surface area (Å²) in [5, 5.41) is 9.17. The third-order valence-electron chi connectivity index (χ3n) is 2.99. The summed E-state index contributed by atoms with van der Waals surface area (Å²) >= 11 is 0. The highest BCUT2D eigenvalue weighted by Crippen LogP contribution is 2.36. The molecule has 0 spiro atoms. The molecule has 0 atom stereocenters. The van der Waals surface area contributed by atoms with Crippen LogP contribution in [0.2, 0.25) is 0 Å². The van der Waals surface area contributed by atoms with E-state index in [9.17, 15) is 4.79 Å². The molecule has 98 valence electrons. The standard InChI is InChI=1S/C13H16O5/c1-9(15)18-13(7-17-8-13)11-4-3-10(6-14)12(5-11)16-2/h3-5,14H,6-8H2,1-2H3. The van der Waals surface area contributed by atoms with Crippen molar-refractivity contribution in [2.24, 2.45) is 0 Å². The smallest absolute Gasteiger partial charge is 0.303 e. The number of carbonyl (C=O) groups excluding carboxylic acids is 1. The predicted molar refractivity (Wildman–Crippen MR) is 63.2 cm³/mol. The number of aliphatic hydroxyl groups excluding tert-OH is 1. The van der Waals surface area contributed by atoms with Gasteiger partial charge in [0.1, 0.15) is 5.75 Å². The summed E-state index contributed by atoms with van der Waals surface area (Å²) in [5.41, 5.74) is 0.796. The summed E-state index contributed by atoms with van der Waals surface area (Å²) in [6.45, 7) is 1.96. The summed E-state index contributed by atoms with van der Waals surface area (Å²) < 4.78 is 15.7. The van der Waals surface area contributed by atoms with E-state index in [1.165, 1.54) is 14.0 Å². The van der Waals surface area contributed by atoms with Crippen LogP contribution in [0.25, 0.3) is 0 Å². The lowest BCUT2D eigenvalue weighted by Crippen LogP contribution is -2.49. The quantitative estimate of drug-likeness (QED) is 0.809. The highest BCUT2D eigenvalue weighted by Gasteiger charge is 2.44. The minimum atomic E-state index is -0.715. The first-order chi connectivity index (χ1) is 8.61. The molecular formula is C13H16O5. The first-order valence-electron chi connectivity index (χ1n) is 5.67. The fourth-order valence-electron chi connectivity index (χ4n) is 2.01. The van der Waals surface area contributed by atoms with Crippen molar-refractivity contribution in [3.8, 4) is 5.75 Å². The summed E-state index contributed by atoms with van der Waals surface area (Å²) in [4.78, 5) is 11.2. The average molecular weight is 252 g/mol. The maximum Gasteiger partial charge on any atom is 0.303 e. The van der Waals surface area contributed by atoms with E-state index in [1.54, 1.807) is 12.1 Å². The fourth-order valence-corrected chi connectivity index (χ4v) is 2.01. The molecule has 1 saturated heterocycles. The molecule has 5 heteroatoms. The molecule has 1 N–H and O–H groups in total. The van der Waals surface area contributed by atoms with Crippen molar-refractivity contribution in [1.29, 1.82) is 0 Å². The van der Waals surface area contributed by atoms with Crippen LogP contribution < -0.4 is 4.74 Å². The fraction of sp³-hybridized carbons (Fsp3) is 0.462. The van der Waals surface area contributed by atoms with Crippen LogP contribution in [0.15, 0.2) is 18.2 Å². The van der Waals surface area contributed by atoms with Crippen molar-refractivity contribution in [2.45, 2.75) is 19.1 Å². The van der Waals surface area contributed by atoms with Crippen molar-refractivity contribution >= 4 is 5.97 Å². The zero-order valence-electron chi connectivity index (χ0n) is 10.4. The van der Waals surface area contributed by atoms with Gasteiger partial charge in [-0.05, 0) is 6.07 Å². The molecule has 18 heavy (non-hydrogen) atoms. The van der Waals surface area contributed by atoms with Gasteiger partial charge < -0.3 is 19.3 Å². The van der Waals surface area contributed by atoms with Crippen LogP contribution in [-0.4, -0.2) is 31.4 Å². The van der Waals surface area contributed by atoms with Gasteiger partial charge in [0.15, 0.2) is 5.60 Å². The van der Waals surface area contributed by atoms with Crippen LogP contribution in [0.5, 0.6) is 5.75 Å². The Hall–Kier alpha value is -1.59. The molecule has 1 heterocycles. The van der Waals surface area contributed by atoms with Crippen molar-refractivity contribution in [1.82, 2.24) is 0 Å². The summed E-state index contributed by atoms with van der Waals surface area (Å²) in [5.74, 6) is 0.233. The third kappa shape index (κ3) is 2.19. The van der Waals surface area contributed by atoms with Gasteiger partial charge in [-0.3, -0.25) is 4.79 Å². The Morgan fingerprint density at radius 1 is 1.50 bits per heavy atom. The number of rotatable bonds is 4. The summed E-state index contributed by atoms with van der Waals surface area (Å²) in [6.07, 6.45) is 0. The molecule has 5 nitrogen and oxygen atoms in total. The zero-order valence-corrected chi connectivity index (χ0v) is 10.4. The van der Waals surface area contributed by atoms with Gasteiger partial charge in [0.25, 0.3) is 0 Å². The maximum atomic E-state index is 11.2. The van der Waals surface area contributed by atoms with Gasteiger partial charge in [0, 0.05) is 18.1 Å². The molecule has 0 aliphatic carbocycles. The number of carbonyl (C=O) groups is 1. The van der Waals surface area contributed by atoms with E-state index in [2.05, 4.69) is 0 Å². The van der Waals surface area contributed by atoms with Crippen molar-refractivity contribution in [2.75, 3.05) is 20.3 Å². The topological polar surface area (TPSA) is 65.0 Å². The second-order valence-corrected chi connectivity index (χ2v) is 4.27. The molecule has 1 aromatic rings. The van der Waals surface area contributed by atoms with Gasteiger partial charge in [-0.2, -0.15) is 0 Å². The number of ether oxygens (including phenoxy) is 3. The molecule has 0 aromatic heterocycles. The lowest BCUT2D eigenvalue weighted by Gasteiger charge is -2.40. The van der Waals surface area contributed by atoms with E-state index < -0.39 is 5.60 Å². The van der Waals surface area contributed by atoms with E-state index in [0.717, 1.165) is 5.56 Å². The number of methoxy groups -OCH3 is 1. The van der Waals surface area contributed by atoms with Crippen molar-refractivity contribution in [3.05, 3.63) is 29.3 Å². The second-order valence-electron chi connectivity index (χ2n) is 4.27. The van der Waals surface area contributed by atoms with Gasteiger partial charge in [-0.25, -0.2) is 0 Å². The molecule has 0 unspecified atom stereocenters. The summed E-state index contributed by atoms with van der Waals surface area (Å²) in [6, 6.07) is 5.36. The van der Waals surface area contributed by atoms with Crippen LogP contribution in [0, 0.1) is 0 Å². The maximum absolute atomic E-state index is 11.2. The Morgan fingerprint density at radius 2 is 2.22 bits per heavy atom. The van der Waals surface area contributed by atoms with Crippen LogP contribution in [0.4, 0.5) is 0 Å². The minimum absolute atomic E-state index is 0.0967. The Morgan fingerprint density at radius 3 is 2.67 bits per heavy atom. The van der Waals surface area contributed by atoms with Crippen molar-refractivity contribution in [3.63, 3.8) is 0 Å². The van der Waals surface area contributed by atoms with E-state index in [-0.39, 0.29) is 12.6 Å². The largest absolute Gasteiger partial charge is 0.496 e.